The summed E-state index contributed by atoms with van der Waals surface area (Å²) in [7, 11) is 1.42. The summed E-state index contributed by atoms with van der Waals surface area (Å²) in [5, 5.41) is 3.08. The maximum Gasteiger partial charge on any atom is 0.251 e. The molecule has 2 aromatic carbocycles. The Hall–Kier alpha value is -2.23. The van der Waals surface area contributed by atoms with Crippen LogP contribution >= 0.6 is 9.47 Å². The molecule has 1 aliphatic heterocycles. The third-order valence-electron chi connectivity index (χ3n) is 4.21. The molecule has 0 saturated heterocycles. The van der Waals surface area contributed by atoms with Gasteiger partial charge in [0, 0.05) is 23.1 Å². The SMILES string of the molecule is CC(=O)c1ccc2c(c1)[C@H](NC(=O)c1ccccc1)CC(C)(C)O2.OP. The van der Waals surface area contributed by atoms with Crippen molar-refractivity contribution < 1.29 is 19.2 Å². The second-order valence-corrected chi connectivity index (χ2v) is 6.77. The number of fused-ring (bicyclic) bond motifs is 1. The Kier molecular flexibility index (Phi) is 6.52. The van der Waals surface area contributed by atoms with Crippen molar-refractivity contribution in [3.05, 3.63) is 65.2 Å². The number of hydrogen-bond donors (Lipinski definition) is 2. The molecule has 26 heavy (non-hydrogen) atoms. The fraction of sp³-hybridized carbons (Fsp3) is 0.300. The minimum Gasteiger partial charge on any atom is -0.487 e. The molecule has 0 aliphatic carbocycles. The van der Waals surface area contributed by atoms with Crippen LogP contribution in [0.25, 0.3) is 0 Å². The van der Waals surface area contributed by atoms with E-state index >= 15 is 0 Å². The Bertz CT molecular complexity index is 790. The largest absolute Gasteiger partial charge is 0.487 e. The Morgan fingerprint density at radius 1 is 1.12 bits per heavy atom. The molecule has 0 radical (unpaired) electrons. The van der Waals surface area contributed by atoms with E-state index in [1.807, 2.05) is 44.2 Å². The van der Waals surface area contributed by atoms with Gasteiger partial charge in [0.1, 0.15) is 11.4 Å². The summed E-state index contributed by atoms with van der Waals surface area (Å²) < 4.78 is 6.01. The molecule has 1 unspecified atom stereocenters. The number of rotatable bonds is 3. The van der Waals surface area contributed by atoms with Gasteiger partial charge in [-0.1, -0.05) is 18.2 Å². The summed E-state index contributed by atoms with van der Waals surface area (Å²) in [5.74, 6) is 0.586. The maximum absolute atomic E-state index is 12.5. The van der Waals surface area contributed by atoms with Crippen molar-refractivity contribution in [1.29, 1.82) is 0 Å². The average Bonchev–Trinajstić information content (AvgIpc) is 2.62. The first-order chi connectivity index (χ1) is 12.4. The Balaban J connectivity index is 0.00000117. The number of ketones is 1. The molecule has 0 fully saturated rings. The number of nitrogens with one attached hydrogen (secondary N) is 1. The van der Waals surface area contributed by atoms with Gasteiger partial charge in [0.2, 0.25) is 0 Å². The van der Waals surface area contributed by atoms with Crippen molar-refractivity contribution in [3.8, 4) is 5.75 Å². The Morgan fingerprint density at radius 2 is 1.77 bits per heavy atom. The zero-order chi connectivity index (χ0) is 19.3. The fourth-order valence-corrected chi connectivity index (χ4v) is 3.03. The molecule has 0 spiro atoms. The second-order valence-electron chi connectivity index (χ2n) is 6.77. The van der Waals surface area contributed by atoms with Crippen LogP contribution in [-0.4, -0.2) is 22.2 Å². The van der Waals surface area contributed by atoms with E-state index in [1.165, 1.54) is 16.4 Å². The van der Waals surface area contributed by atoms with E-state index in [2.05, 4.69) is 5.32 Å². The number of benzene rings is 2. The highest BCUT2D eigenvalue weighted by Crippen LogP contribution is 2.40. The maximum atomic E-state index is 12.5. The monoisotopic (exact) mass is 373 g/mol. The van der Waals surface area contributed by atoms with Gasteiger partial charge in [-0.3, -0.25) is 9.59 Å². The number of Topliss-reactive ketones (excluding diaryl/α,β-unsaturated/α-hetero) is 1. The molecule has 0 bridgehead atoms. The minimum atomic E-state index is -0.390. The first-order valence-corrected chi connectivity index (χ1v) is 8.83. The summed E-state index contributed by atoms with van der Waals surface area (Å²) in [6.45, 7) is 5.53. The van der Waals surface area contributed by atoms with Crippen LogP contribution in [-0.2, 0) is 0 Å². The van der Waals surface area contributed by atoms with Crippen molar-refractivity contribution in [1.82, 2.24) is 5.32 Å². The van der Waals surface area contributed by atoms with Gasteiger partial charge in [0.15, 0.2) is 5.78 Å². The van der Waals surface area contributed by atoms with Crippen molar-refractivity contribution >= 4 is 21.2 Å². The lowest BCUT2D eigenvalue weighted by atomic mass is 9.88. The standard InChI is InChI=1S/C20H21NO3.H3OP/c1-13(22)15-9-10-18-16(11-15)17(12-20(2,3)24-18)21-19(23)14-7-5-4-6-8-14;1-2/h4-11,17H,12H2,1-3H3,(H,21,23);1H,2H2/t17-;/m1./s1. The molecule has 0 aromatic heterocycles. The number of hydrogen-bond acceptors (Lipinski definition) is 4. The minimum absolute atomic E-state index is 0.00392. The van der Waals surface area contributed by atoms with Crippen LogP contribution in [0.15, 0.2) is 48.5 Å². The van der Waals surface area contributed by atoms with Gasteiger partial charge in [-0.15, -0.1) is 0 Å². The summed E-state index contributed by atoms with van der Waals surface area (Å²) in [6, 6.07) is 14.3. The van der Waals surface area contributed by atoms with E-state index < -0.39 is 0 Å². The molecular formula is C20H24NO4P. The van der Waals surface area contributed by atoms with Crippen LogP contribution in [0.1, 0.15) is 59.5 Å². The Labute approximate surface area is 156 Å². The number of ether oxygens (including phenoxy) is 1. The smallest absolute Gasteiger partial charge is 0.251 e. The highest BCUT2D eigenvalue weighted by Gasteiger charge is 2.35. The number of carbonyl (C=O) groups excluding carboxylic acids is 2. The zero-order valence-electron chi connectivity index (χ0n) is 15.2. The van der Waals surface area contributed by atoms with Gasteiger partial charge in [0.05, 0.1) is 6.04 Å². The molecule has 2 aromatic rings. The van der Waals surface area contributed by atoms with Gasteiger partial charge in [-0.25, -0.2) is 0 Å². The molecule has 3 rings (SSSR count). The summed E-state index contributed by atoms with van der Waals surface area (Å²) >= 11 is 0. The van der Waals surface area contributed by atoms with E-state index in [4.69, 9.17) is 9.63 Å². The van der Waals surface area contributed by atoms with Gasteiger partial charge < -0.3 is 14.9 Å². The van der Waals surface area contributed by atoms with Crippen LogP contribution in [0, 0.1) is 0 Å². The molecule has 1 heterocycles. The van der Waals surface area contributed by atoms with Gasteiger partial charge >= 0.3 is 0 Å². The van der Waals surface area contributed by atoms with Gasteiger partial charge in [-0.2, -0.15) is 0 Å². The fourth-order valence-electron chi connectivity index (χ4n) is 3.03. The van der Waals surface area contributed by atoms with Crippen LogP contribution in [0.4, 0.5) is 0 Å². The molecule has 138 valence electrons. The van der Waals surface area contributed by atoms with Crippen molar-refractivity contribution in [2.45, 2.75) is 38.8 Å². The molecule has 5 nitrogen and oxygen atoms in total. The van der Waals surface area contributed by atoms with E-state index in [0.717, 1.165) is 11.3 Å². The first-order valence-electron chi connectivity index (χ1n) is 8.31. The molecule has 6 heteroatoms. The lowest BCUT2D eigenvalue weighted by Gasteiger charge is -2.38. The van der Waals surface area contributed by atoms with E-state index in [9.17, 15) is 9.59 Å². The quantitative estimate of drug-likeness (QED) is 0.636. The summed E-state index contributed by atoms with van der Waals surface area (Å²) in [5.41, 5.74) is 1.70. The zero-order valence-corrected chi connectivity index (χ0v) is 16.3. The molecule has 1 aliphatic rings. The molecule has 2 atom stereocenters. The van der Waals surface area contributed by atoms with Crippen LogP contribution in [0.2, 0.25) is 0 Å². The third-order valence-corrected chi connectivity index (χ3v) is 4.21. The van der Waals surface area contributed by atoms with Crippen LogP contribution in [0.5, 0.6) is 5.75 Å². The normalized spacial score (nSPS) is 17.0. The molecule has 0 saturated carbocycles. The third kappa shape index (κ3) is 4.69. The van der Waals surface area contributed by atoms with Crippen molar-refractivity contribution in [2.75, 3.05) is 0 Å². The van der Waals surface area contributed by atoms with Crippen LogP contribution in [0.3, 0.4) is 0 Å². The van der Waals surface area contributed by atoms with Crippen molar-refractivity contribution in [3.63, 3.8) is 0 Å². The second kappa shape index (κ2) is 8.43. The van der Waals surface area contributed by atoms with Crippen LogP contribution < -0.4 is 10.1 Å². The summed E-state index contributed by atoms with van der Waals surface area (Å²) in [4.78, 5) is 31.1. The molecule has 2 N–H and O–H groups in total. The molecular weight excluding hydrogens is 349 g/mol. The highest BCUT2D eigenvalue weighted by molar-refractivity contribution is 7.08. The predicted octanol–water partition coefficient (Wildman–Crippen LogP) is 3.69. The lowest BCUT2D eigenvalue weighted by Crippen LogP contribution is -2.41. The van der Waals surface area contributed by atoms with E-state index in [-0.39, 0.29) is 23.3 Å². The van der Waals surface area contributed by atoms with E-state index in [1.54, 1.807) is 18.2 Å². The van der Waals surface area contributed by atoms with Crippen molar-refractivity contribution in [2.24, 2.45) is 0 Å². The highest BCUT2D eigenvalue weighted by atomic mass is 31.0. The number of carbonyl (C=O) groups is 2. The predicted molar refractivity (Wildman–Crippen MR) is 104 cm³/mol. The number of amides is 1. The topological polar surface area (TPSA) is 75.6 Å². The van der Waals surface area contributed by atoms with Gasteiger partial charge in [-0.05, 0) is 60.6 Å². The van der Waals surface area contributed by atoms with E-state index in [0.29, 0.717) is 17.5 Å². The first kappa shape index (κ1) is 20.1. The average molecular weight is 373 g/mol. The lowest BCUT2D eigenvalue weighted by molar-refractivity contribution is 0.0619. The Morgan fingerprint density at radius 3 is 2.38 bits per heavy atom. The summed E-state index contributed by atoms with van der Waals surface area (Å²) in [6.07, 6.45) is 0.639. The van der Waals surface area contributed by atoms with Gasteiger partial charge in [0.25, 0.3) is 5.91 Å². The molecule has 1 amide bonds.